The van der Waals surface area contributed by atoms with Crippen LogP contribution in [0.25, 0.3) is 0 Å². The van der Waals surface area contributed by atoms with Gasteiger partial charge in [-0.05, 0) is 44.0 Å². The van der Waals surface area contributed by atoms with Gasteiger partial charge in [-0.3, -0.25) is 24.6 Å². The van der Waals surface area contributed by atoms with Crippen LogP contribution in [0.3, 0.4) is 0 Å². The summed E-state index contributed by atoms with van der Waals surface area (Å²) in [6.07, 6.45) is 3.61. The van der Waals surface area contributed by atoms with Gasteiger partial charge in [0, 0.05) is 47.1 Å². The van der Waals surface area contributed by atoms with Gasteiger partial charge >= 0.3 is 0 Å². The Bertz CT molecular complexity index is 1300. The molecule has 0 saturated carbocycles. The number of imide groups is 1. The van der Waals surface area contributed by atoms with Crippen molar-refractivity contribution in [2.45, 2.75) is 56.7 Å². The molecule has 1 spiro atoms. The van der Waals surface area contributed by atoms with Crippen molar-refractivity contribution >= 4 is 17.7 Å². The Kier molecular flexibility index (Phi) is 4.90. The second-order valence-electron chi connectivity index (χ2n) is 10.7. The van der Waals surface area contributed by atoms with Crippen LogP contribution >= 0.6 is 0 Å². The summed E-state index contributed by atoms with van der Waals surface area (Å²) < 4.78 is 12.2. The van der Waals surface area contributed by atoms with E-state index >= 15 is 0 Å². The summed E-state index contributed by atoms with van der Waals surface area (Å²) in [5, 5.41) is 2.37. The van der Waals surface area contributed by atoms with E-state index in [1.54, 1.807) is 4.90 Å². The molecule has 2 fully saturated rings. The lowest BCUT2D eigenvalue weighted by atomic mass is 9.74. The van der Waals surface area contributed by atoms with Crippen molar-refractivity contribution < 1.29 is 23.9 Å². The molecular weight excluding hydrogens is 458 g/mol. The largest absolute Gasteiger partial charge is 0.493 e. The highest BCUT2D eigenvalue weighted by Crippen LogP contribution is 2.49. The molecule has 0 aliphatic carbocycles. The van der Waals surface area contributed by atoms with Gasteiger partial charge in [-0.1, -0.05) is 24.3 Å². The summed E-state index contributed by atoms with van der Waals surface area (Å²) in [7, 11) is 0. The summed E-state index contributed by atoms with van der Waals surface area (Å²) in [5.74, 6) is 1.09. The number of piperidine rings is 2. The van der Waals surface area contributed by atoms with Crippen LogP contribution in [-0.4, -0.2) is 59.9 Å². The lowest BCUT2D eigenvalue weighted by Crippen LogP contribution is -2.52. The summed E-state index contributed by atoms with van der Waals surface area (Å²) in [4.78, 5) is 41.3. The standard InChI is InChI=1S/C28H29N3O5/c32-23-7-6-22(26(33)29-23)31-15-20-19(27(31)34)4-5-21-25(20)36-16-28(21)9-11-30(12-10-28)14-18-3-1-2-17-8-13-35-24(17)18/h1-5,22H,6-16H2,(H,29,32,33). The normalized spacial score (nSPS) is 24.3. The minimum absolute atomic E-state index is 0.0406. The highest BCUT2D eigenvalue weighted by Gasteiger charge is 2.47. The molecule has 1 N–H and O–H groups in total. The molecule has 0 radical (unpaired) electrons. The van der Waals surface area contributed by atoms with Crippen LogP contribution in [0.5, 0.6) is 11.5 Å². The molecule has 5 aliphatic rings. The molecule has 7 rings (SSSR count). The van der Waals surface area contributed by atoms with Gasteiger partial charge in [0.2, 0.25) is 11.8 Å². The van der Waals surface area contributed by atoms with Crippen molar-refractivity contribution in [3.63, 3.8) is 0 Å². The number of carbonyl (C=O) groups excluding carboxylic acids is 3. The van der Waals surface area contributed by atoms with Crippen molar-refractivity contribution in [1.82, 2.24) is 15.1 Å². The van der Waals surface area contributed by atoms with E-state index in [1.165, 1.54) is 16.7 Å². The fraction of sp³-hybridized carbons (Fsp3) is 0.464. The molecule has 186 valence electrons. The number of nitrogens with zero attached hydrogens (tertiary/aromatic N) is 2. The minimum Gasteiger partial charge on any atom is -0.493 e. The Balaban J connectivity index is 1.09. The molecular formula is C28H29N3O5. The lowest BCUT2D eigenvalue weighted by Gasteiger charge is -2.38. The number of amides is 3. The van der Waals surface area contributed by atoms with Gasteiger partial charge in [0.15, 0.2) is 0 Å². The number of benzene rings is 2. The third-order valence-corrected chi connectivity index (χ3v) is 8.73. The first-order chi connectivity index (χ1) is 17.5. The highest BCUT2D eigenvalue weighted by molar-refractivity contribution is 6.05. The maximum absolute atomic E-state index is 13.2. The topological polar surface area (TPSA) is 88.2 Å². The number of ether oxygens (including phenoxy) is 2. The third-order valence-electron chi connectivity index (χ3n) is 8.73. The van der Waals surface area contributed by atoms with E-state index in [9.17, 15) is 14.4 Å². The van der Waals surface area contributed by atoms with Crippen molar-refractivity contribution in [3.8, 4) is 11.5 Å². The first-order valence-electron chi connectivity index (χ1n) is 12.9. The van der Waals surface area contributed by atoms with Gasteiger partial charge in [-0.25, -0.2) is 0 Å². The number of nitrogens with one attached hydrogen (secondary N) is 1. The van der Waals surface area contributed by atoms with Crippen LogP contribution in [0.1, 0.15) is 58.3 Å². The Hall–Kier alpha value is -3.39. The predicted octanol–water partition coefficient (Wildman–Crippen LogP) is 2.31. The van der Waals surface area contributed by atoms with Crippen molar-refractivity contribution in [2.24, 2.45) is 0 Å². The highest BCUT2D eigenvalue weighted by atomic mass is 16.5. The summed E-state index contributed by atoms with van der Waals surface area (Å²) in [6.45, 7) is 4.60. The molecule has 5 heterocycles. The molecule has 0 aromatic heterocycles. The molecule has 2 aromatic rings. The number of rotatable bonds is 3. The Morgan fingerprint density at radius 3 is 2.69 bits per heavy atom. The fourth-order valence-corrected chi connectivity index (χ4v) is 6.69. The quantitative estimate of drug-likeness (QED) is 0.669. The summed E-state index contributed by atoms with van der Waals surface area (Å²) >= 11 is 0. The van der Waals surface area contributed by atoms with E-state index in [1.807, 2.05) is 6.07 Å². The van der Waals surface area contributed by atoms with Gasteiger partial charge < -0.3 is 14.4 Å². The minimum atomic E-state index is -0.611. The first-order valence-corrected chi connectivity index (χ1v) is 12.9. The van der Waals surface area contributed by atoms with Crippen molar-refractivity contribution in [3.05, 3.63) is 58.1 Å². The predicted molar refractivity (Wildman–Crippen MR) is 130 cm³/mol. The molecule has 8 nitrogen and oxygen atoms in total. The Morgan fingerprint density at radius 2 is 1.86 bits per heavy atom. The van der Waals surface area contributed by atoms with Gasteiger partial charge in [-0.2, -0.15) is 0 Å². The van der Waals surface area contributed by atoms with Crippen LogP contribution < -0.4 is 14.8 Å². The monoisotopic (exact) mass is 487 g/mol. The number of fused-ring (bicyclic) bond motifs is 5. The Labute approximate surface area is 209 Å². The van der Waals surface area contributed by atoms with Crippen LogP contribution in [0.4, 0.5) is 0 Å². The zero-order valence-electron chi connectivity index (χ0n) is 20.2. The molecule has 1 unspecified atom stereocenters. The van der Waals surface area contributed by atoms with Crippen LogP contribution in [0.15, 0.2) is 30.3 Å². The zero-order chi connectivity index (χ0) is 24.4. The molecule has 8 heteroatoms. The van der Waals surface area contributed by atoms with Crippen LogP contribution in [0, 0.1) is 0 Å². The van der Waals surface area contributed by atoms with E-state index in [-0.39, 0.29) is 29.6 Å². The first kappa shape index (κ1) is 21.9. The molecule has 5 aliphatic heterocycles. The van der Waals surface area contributed by atoms with Gasteiger partial charge in [0.25, 0.3) is 5.91 Å². The van der Waals surface area contributed by atoms with Crippen LogP contribution in [-0.2, 0) is 34.5 Å². The number of para-hydroxylation sites is 1. The second kappa shape index (κ2) is 8.06. The number of hydrogen-bond acceptors (Lipinski definition) is 6. The molecule has 2 saturated heterocycles. The smallest absolute Gasteiger partial charge is 0.255 e. The van der Waals surface area contributed by atoms with Crippen molar-refractivity contribution in [1.29, 1.82) is 0 Å². The van der Waals surface area contributed by atoms with Crippen molar-refractivity contribution in [2.75, 3.05) is 26.3 Å². The number of likely N-dealkylation sites (tertiary alicyclic amines) is 1. The average Bonchev–Trinajstić information content (AvgIpc) is 3.58. The second-order valence-corrected chi connectivity index (χ2v) is 10.7. The molecule has 36 heavy (non-hydrogen) atoms. The third kappa shape index (κ3) is 3.27. The van der Waals surface area contributed by atoms with E-state index in [0.717, 1.165) is 62.6 Å². The molecule has 3 amide bonds. The maximum Gasteiger partial charge on any atom is 0.255 e. The lowest BCUT2D eigenvalue weighted by molar-refractivity contribution is -0.136. The van der Waals surface area contributed by atoms with E-state index in [0.29, 0.717) is 25.1 Å². The summed E-state index contributed by atoms with van der Waals surface area (Å²) in [5.41, 5.74) is 5.25. The van der Waals surface area contributed by atoms with E-state index in [2.05, 4.69) is 34.5 Å². The molecule has 2 aromatic carbocycles. The maximum atomic E-state index is 13.2. The van der Waals surface area contributed by atoms with E-state index < -0.39 is 6.04 Å². The molecule has 0 bridgehead atoms. The van der Waals surface area contributed by atoms with E-state index in [4.69, 9.17) is 9.47 Å². The molecule has 1 atom stereocenters. The van der Waals surface area contributed by atoms with Gasteiger partial charge in [0.05, 0.1) is 19.8 Å². The fourth-order valence-electron chi connectivity index (χ4n) is 6.69. The van der Waals surface area contributed by atoms with Gasteiger partial charge in [0.1, 0.15) is 17.5 Å². The summed E-state index contributed by atoms with van der Waals surface area (Å²) in [6, 6.07) is 9.84. The number of hydrogen-bond donors (Lipinski definition) is 1. The van der Waals surface area contributed by atoms with Crippen LogP contribution in [0.2, 0.25) is 0 Å². The zero-order valence-corrected chi connectivity index (χ0v) is 20.2. The average molecular weight is 488 g/mol. The number of carbonyl (C=O) groups is 3. The SMILES string of the molecule is O=C1CCC(N2Cc3c(ccc4c3OCC43CCN(Cc4cccc5c4OCC5)CC3)C2=O)C(=O)N1. The Morgan fingerprint density at radius 1 is 1.00 bits per heavy atom. The van der Waals surface area contributed by atoms with Gasteiger partial charge in [-0.15, -0.1) is 0 Å².